The molecule has 3 aromatic rings. The van der Waals surface area contributed by atoms with Crippen LogP contribution in [0, 0.1) is 0 Å². The van der Waals surface area contributed by atoms with Crippen LogP contribution in [0.4, 0.5) is 0 Å². The number of rotatable bonds is 11. The van der Waals surface area contributed by atoms with Crippen LogP contribution in [-0.2, 0) is 29.6 Å². The van der Waals surface area contributed by atoms with Crippen molar-refractivity contribution in [3.8, 4) is 0 Å². The molecule has 1 aliphatic rings. The molecule has 3 amide bonds. The summed E-state index contributed by atoms with van der Waals surface area (Å²) < 4.78 is 0. The van der Waals surface area contributed by atoms with E-state index >= 15 is 0 Å². The summed E-state index contributed by atoms with van der Waals surface area (Å²) in [5.41, 5.74) is 2.45. The highest BCUT2D eigenvalue weighted by atomic mass is 16.7. The van der Waals surface area contributed by atoms with Gasteiger partial charge in [-0.2, -0.15) is 0 Å². The number of nitrogens with one attached hydrogen (secondary N) is 2. The van der Waals surface area contributed by atoms with E-state index in [2.05, 4.69) is 47.0 Å². The van der Waals surface area contributed by atoms with Crippen LogP contribution in [0.25, 0.3) is 0 Å². The zero-order chi connectivity index (χ0) is 26.1. The van der Waals surface area contributed by atoms with Crippen LogP contribution in [0.2, 0.25) is 0 Å². The molecule has 0 spiro atoms. The lowest BCUT2D eigenvalue weighted by Crippen LogP contribution is -2.46. The van der Waals surface area contributed by atoms with Gasteiger partial charge in [-0.05, 0) is 16.7 Å². The second kappa shape index (κ2) is 12.1. The summed E-state index contributed by atoms with van der Waals surface area (Å²) in [5.74, 6) is -2.06. The minimum atomic E-state index is -0.752. The van der Waals surface area contributed by atoms with E-state index in [1.807, 2.05) is 54.6 Å². The van der Waals surface area contributed by atoms with E-state index in [1.165, 1.54) is 0 Å². The van der Waals surface area contributed by atoms with Gasteiger partial charge in [0.1, 0.15) is 0 Å². The predicted molar refractivity (Wildman–Crippen MR) is 137 cm³/mol. The monoisotopic (exact) mass is 499 g/mol. The van der Waals surface area contributed by atoms with Crippen LogP contribution in [0.3, 0.4) is 0 Å². The van der Waals surface area contributed by atoms with Crippen molar-refractivity contribution in [2.24, 2.45) is 0 Å². The van der Waals surface area contributed by atoms with Gasteiger partial charge in [-0.15, -0.1) is 5.06 Å². The molecule has 0 bridgehead atoms. The molecule has 0 atom stereocenters. The van der Waals surface area contributed by atoms with Gasteiger partial charge in [0.15, 0.2) is 0 Å². The summed E-state index contributed by atoms with van der Waals surface area (Å²) in [4.78, 5) is 52.4. The number of hydrogen-bond acceptors (Lipinski definition) is 6. The van der Waals surface area contributed by atoms with E-state index in [0.29, 0.717) is 11.6 Å². The van der Waals surface area contributed by atoms with Crippen LogP contribution in [-0.4, -0.2) is 41.8 Å². The van der Waals surface area contributed by atoms with E-state index < -0.39 is 23.3 Å². The molecule has 0 saturated carbocycles. The Kier molecular flexibility index (Phi) is 8.43. The number of carbonyl (C=O) groups excluding carboxylic acids is 4. The van der Waals surface area contributed by atoms with Crippen molar-refractivity contribution in [3.05, 3.63) is 108 Å². The van der Waals surface area contributed by atoms with Crippen LogP contribution in [0.5, 0.6) is 0 Å². The molecule has 0 radical (unpaired) electrons. The van der Waals surface area contributed by atoms with Gasteiger partial charge in [-0.25, -0.2) is 4.79 Å². The van der Waals surface area contributed by atoms with Crippen LogP contribution in [0.15, 0.2) is 91.0 Å². The molecule has 37 heavy (non-hydrogen) atoms. The molecule has 2 N–H and O–H groups in total. The standard InChI is InChI=1S/C29H29N3O5/c33-25(30-20-19-28(36)37-32-26(34)16-17-27(32)35)18-21-31-29(22-10-4-1-5-11-22,23-12-6-2-7-13-23)24-14-8-3-9-15-24/h1-15,31H,16-21H2,(H,30,33). The highest BCUT2D eigenvalue weighted by Gasteiger charge is 2.36. The normalized spacial score (nSPS) is 13.5. The molecule has 3 aromatic carbocycles. The third-order valence-corrected chi connectivity index (χ3v) is 6.21. The maximum atomic E-state index is 12.5. The molecule has 190 valence electrons. The first-order valence-corrected chi connectivity index (χ1v) is 12.3. The van der Waals surface area contributed by atoms with E-state index in [1.54, 1.807) is 0 Å². The van der Waals surface area contributed by atoms with Crippen molar-refractivity contribution >= 4 is 23.7 Å². The van der Waals surface area contributed by atoms with Crippen molar-refractivity contribution in [1.29, 1.82) is 0 Å². The maximum absolute atomic E-state index is 12.5. The summed E-state index contributed by atoms with van der Waals surface area (Å²) in [6, 6.07) is 30.3. The Morgan fingerprint density at radius 1 is 0.703 bits per heavy atom. The molecule has 0 aromatic heterocycles. The Balaban J connectivity index is 1.40. The molecule has 1 saturated heterocycles. The fourth-order valence-electron chi connectivity index (χ4n) is 4.43. The van der Waals surface area contributed by atoms with Crippen LogP contribution >= 0.6 is 0 Å². The van der Waals surface area contributed by atoms with E-state index in [-0.39, 0.29) is 38.1 Å². The maximum Gasteiger partial charge on any atom is 0.334 e. The average Bonchev–Trinajstić information content (AvgIpc) is 3.25. The van der Waals surface area contributed by atoms with Gasteiger partial charge in [0, 0.05) is 32.4 Å². The summed E-state index contributed by atoms with van der Waals surface area (Å²) in [7, 11) is 0. The average molecular weight is 500 g/mol. The third-order valence-electron chi connectivity index (χ3n) is 6.21. The SMILES string of the molecule is O=C(CCNC(c1ccccc1)(c1ccccc1)c1ccccc1)NCCC(=O)ON1C(=O)CCC1=O. The zero-order valence-electron chi connectivity index (χ0n) is 20.4. The van der Waals surface area contributed by atoms with Gasteiger partial charge in [0.25, 0.3) is 11.8 Å². The minimum absolute atomic E-state index is 0.0340. The Morgan fingerprint density at radius 3 is 1.62 bits per heavy atom. The summed E-state index contributed by atoms with van der Waals surface area (Å²) in [6.45, 7) is 0.404. The molecule has 4 rings (SSSR count). The van der Waals surface area contributed by atoms with E-state index in [0.717, 1.165) is 16.7 Å². The number of imide groups is 1. The lowest BCUT2D eigenvalue weighted by atomic mass is 9.77. The van der Waals surface area contributed by atoms with E-state index in [4.69, 9.17) is 4.84 Å². The third kappa shape index (κ3) is 6.10. The minimum Gasteiger partial charge on any atom is -0.355 e. The van der Waals surface area contributed by atoms with Gasteiger partial charge in [0.2, 0.25) is 5.91 Å². The number of amides is 3. The topological polar surface area (TPSA) is 105 Å². The first-order valence-electron chi connectivity index (χ1n) is 12.3. The van der Waals surface area contributed by atoms with Crippen LogP contribution in [0.1, 0.15) is 42.4 Å². The number of benzene rings is 3. The number of nitrogens with zero attached hydrogens (tertiary/aromatic N) is 1. The van der Waals surface area contributed by atoms with E-state index in [9.17, 15) is 19.2 Å². The molecular weight excluding hydrogens is 470 g/mol. The smallest absolute Gasteiger partial charge is 0.334 e. The van der Waals surface area contributed by atoms with Gasteiger partial charge in [0.05, 0.1) is 12.0 Å². The Hall–Kier alpha value is -4.30. The second-order valence-corrected chi connectivity index (χ2v) is 8.67. The highest BCUT2D eigenvalue weighted by Crippen LogP contribution is 2.36. The zero-order valence-corrected chi connectivity index (χ0v) is 20.4. The van der Waals surface area contributed by atoms with Gasteiger partial charge < -0.3 is 10.2 Å². The fraction of sp³-hybridized carbons (Fsp3) is 0.241. The van der Waals surface area contributed by atoms with Crippen LogP contribution < -0.4 is 10.6 Å². The quantitative estimate of drug-likeness (QED) is 0.310. The molecule has 8 heteroatoms. The van der Waals surface area contributed by atoms with Crippen molar-refractivity contribution in [2.45, 2.75) is 31.2 Å². The van der Waals surface area contributed by atoms with Crippen molar-refractivity contribution in [2.75, 3.05) is 13.1 Å². The number of carbonyl (C=O) groups is 4. The first kappa shape index (κ1) is 25.8. The Labute approximate surface area is 215 Å². The highest BCUT2D eigenvalue weighted by molar-refractivity contribution is 6.01. The molecule has 0 unspecified atom stereocenters. The molecule has 0 aliphatic carbocycles. The van der Waals surface area contributed by atoms with Crippen molar-refractivity contribution < 1.29 is 24.0 Å². The molecular formula is C29H29N3O5. The van der Waals surface area contributed by atoms with Crippen molar-refractivity contribution in [1.82, 2.24) is 15.7 Å². The predicted octanol–water partition coefficient (Wildman–Crippen LogP) is 3.07. The summed E-state index contributed by atoms with van der Waals surface area (Å²) >= 11 is 0. The number of hydroxylamine groups is 2. The van der Waals surface area contributed by atoms with Gasteiger partial charge >= 0.3 is 5.97 Å². The molecule has 1 heterocycles. The first-order chi connectivity index (χ1) is 18.0. The molecule has 1 fully saturated rings. The summed E-state index contributed by atoms with van der Waals surface area (Å²) in [6.07, 6.45) is 0.0865. The van der Waals surface area contributed by atoms with Gasteiger partial charge in [-0.3, -0.25) is 19.7 Å². The number of hydrogen-bond donors (Lipinski definition) is 2. The lowest BCUT2D eigenvalue weighted by Gasteiger charge is -2.37. The Morgan fingerprint density at radius 2 is 1.16 bits per heavy atom. The second-order valence-electron chi connectivity index (χ2n) is 8.67. The lowest BCUT2D eigenvalue weighted by molar-refractivity contribution is -0.197. The van der Waals surface area contributed by atoms with Gasteiger partial charge in [-0.1, -0.05) is 91.0 Å². The molecule has 1 aliphatic heterocycles. The Bertz CT molecular complexity index is 1120. The molecule has 8 nitrogen and oxygen atoms in total. The van der Waals surface area contributed by atoms with Crippen molar-refractivity contribution in [3.63, 3.8) is 0 Å². The summed E-state index contributed by atoms with van der Waals surface area (Å²) in [5, 5.41) is 6.84. The largest absolute Gasteiger partial charge is 0.355 e. The fourth-order valence-corrected chi connectivity index (χ4v) is 4.43.